The number of ketones is 1. The van der Waals surface area contributed by atoms with Crippen LogP contribution < -0.4 is 17.0 Å². The maximum Gasteiger partial charge on any atom is 0.332 e. The Hall–Kier alpha value is -1.89. The van der Waals surface area contributed by atoms with Gasteiger partial charge in [-0.25, -0.2) is 4.79 Å². The van der Waals surface area contributed by atoms with Crippen molar-refractivity contribution >= 4 is 11.6 Å². The Morgan fingerprint density at radius 2 is 1.65 bits per heavy atom. The van der Waals surface area contributed by atoms with E-state index in [0.717, 1.165) is 28.6 Å². The van der Waals surface area contributed by atoms with Gasteiger partial charge in [-0.1, -0.05) is 13.8 Å². The first-order valence-electron chi connectivity index (χ1n) is 7.98. The molecule has 0 bridgehead atoms. The van der Waals surface area contributed by atoms with E-state index >= 15 is 0 Å². The lowest BCUT2D eigenvalue weighted by molar-refractivity contribution is 0.0685. The van der Waals surface area contributed by atoms with Gasteiger partial charge in [-0.15, -0.1) is 0 Å². The highest BCUT2D eigenvalue weighted by Crippen LogP contribution is 2.24. The molecule has 0 unspecified atom stereocenters. The van der Waals surface area contributed by atoms with E-state index in [2.05, 4.69) is 18.7 Å². The van der Waals surface area contributed by atoms with Gasteiger partial charge in [-0.2, -0.15) is 0 Å². The molecule has 0 aromatic carbocycles. The predicted octanol–water partition coefficient (Wildman–Crippen LogP) is 0.215. The number of nitrogens with two attached hydrogens (primary N) is 1. The summed E-state index contributed by atoms with van der Waals surface area (Å²) in [6.45, 7) is 7.78. The minimum Gasteiger partial charge on any atom is -0.384 e. The second-order valence-corrected chi connectivity index (χ2v) is 6.91. The lowest BCUT2D eigenvalue weighted by Crippen LogP contribution is -2.50. The Labute approximate surface area is 135 Å². The summed E-state index contributed by atoms with van der Waals surface area (Å²) in [7, 11) is 2.82. The molecular formula is C16H26N4O3. The number of rotatable bonds is 3. The van der Waals surface area contributed by atoms with E-state index < -0.39 is 17.3 Å². The van der Waals surface area contributed by atoms with Crippen LogP contribution in [0.4, 0.5) is 5.82 Å². The number of carbonyl (C=O) groups excluding carboxylic acids is 1. The zero-order chi connectivity index (χ0) is 17.5. The molecule has 7 nitrogen and oxygen atoms in total. The molecule has 23 heavy (non-hydrogen) atoms. The number of anilines is 1. The molecule has 1 saturated heterocycles. The Bertz CT molecular complexity index is 724. The molecule has 1 aliphatic rings. The number of nitrogen functional groups attached to an aromatic ring is 1. The first kappa shape index (κ1) is 17.5. The van der Waals surface area contributed by atoms with Crippen molar-refractivity contribution in [2.75, 3.05) is 18.8 Å². The van der Waals surface area contributed by atoms with E-state index in [1.54, 1.807) is 6.92 Å². The molecule has 0 saturated carbocycles. The van der Waals surface area contributed by atoms with Crippen molar-refractivity contribution < 1.29 is 4.79 Å². The topological polar surface area (TPSA) is 90.3 Å². The Morgan fingerprint density at radius 3 is 2.17 bits per heavy atom. The molecule has 0 radical (unpaired) electrons. The van der Waals surface area contributed by atoms with Crippen LogP contribution in [0.15, 0.2) is 9.59 Å². The van der Waals surface area contributed by atoms with E-state index in [9.17, 15) is 14.4 Å². The highest BCUT2D eigenvalue weighted by Gasteiger charge is 2.32. The summed E-state index contributed by atoms with van der Waals surface area (Å²) in [5.74, 6) is 0.636. The molecule has 1 aromatic rings. The van der Waals surface area contributed by atoms with Gasteiger partial charge >= 0.3 is 5.69 Å². The van der Waals surface area contributed by atoms with Crippen LogP contribution >= 0.6 is 0 Å². The lowest BCUT2D eigenvalue weighted by atomic mass is 9.90. The van der Waals surface area contributed by atoms with Crippen LogP contribution in [0.2, 0.25) is 0 Å². The van der Waals surface area contributed by atoms with Gasteiger partial charge in [0.15, 0.2) is 5.78 Å². The number of hydrogen-bond donors (Lipinski definition) is 1. The highest BCUT2D eigenvalue weighted by molar-refractivity contribution is 6.03. The van der Waals surface area contributed by atoms with E-state index in [1.807, 2.05) is 0 Å². The predicted molar refractivity (Wildman–Crippen MR) is 89.6 cm³/mol. The van der Waals surface area contributed by atoms with Gasteiger partial charge < -0.3 is 5.73 Å². The number of aromatic nitrogens is 2. The van der Waals surface area contributed by atoms with Gasteiger partial charge in [0, 0.05) is 27.2 Å². The second-order valence-electron chi connectivity index (χ2n) is 6.91. The van der Waals surface area contributed by atoms with E-state index in [-0.39, 0.29) is 17.2 Å². The number of likely N-dealkylation sites (tertiary alicyclic amines) is 1. The Morgan fingerprint density at radius 1 is 1.13 bits per heavy atom. The third-order valence-electron chi connectivity index (χ3n) is 4.78. The summed E-state index contributed by atoms with van der Waals surface area (Å²) in [5.41, 5.74) is 4.64. The molecule has 0 aliphatic carbocycles. The molecular weight excluding hydrogens is 296 g/mol. The van der Waals surface area contributed by atoms with Crippen molar-refractivity contribution in [3.05, 3.63) is 26.4 Å². The maximum atomic E-state index is 12.9. The van der Waals surface area contributed by atoms with Crippen molar-refractivity contribution in [3.63, 3.8) is 0 Å². The summed E-state index contributed by atoms with van der Waals surface area (Å²) < 4.78 is 2.07. The summed E-state index contributed by atoms with van der Waals surface area (Å²) in [4.78, 5) is 39.2. The molecule has 2 heterocycles. The van der Waals surface area contributed by atoms with Gasteiger partial charge in [0.25, 0.3) is 5.56 Å². The zero-order valence-electron chi connectivity index (χ0n) is 14.5. The number of Topliss-reactive ketones (excluding diaryl/α,β-unsaturated/α-hetero) is 1. The average molecular weight is 322 g/mol. The van der Waals surface area contributed by atoms with Crippen LogP contribution in [0.25, 0.3) is 0 Å². The minimum atomic E-state index is -0.624. The summed E-state index contributed by atoms with van der Waals surface area (Å²) in [5, 5.41) is 0. The van der Waals surface area contributed by atoms with Crippen molar-refractivity contribution in [2.45, 2.75) is 33.2 Å². The van der Waals surface area contributed by atoms with Crippen LogP contribution in [0.1, 0.15) is 37.6 Å². The fourth-order valence-corrected chi connectivity index (χ4v) is 3.49. The number of nitrogens with zero attached hydrogens (tertiary/aromatic N) is 3. The summed E-state index contributed by atoms with van der Waals surface area (Å²) in [6.07, 6.45) is 1.14. The summed E-state index contributed by atoms with van der Waals surface area (Å²) >= 11 is 0. The standard InChI is InChI=1S/C16H26N4O3/c1-9-6-10(2)8-20(7-9)11(3)13(21)12-14(17)18(4)16(23)19(5)15(12)22/h9-11H,6-8,17H2,1-5H3/t9-,10-,11+/m1/s1. The molecule has 2 N–H and O–H groups in total. The fraction of sp³-hybridized carbons (Fsp3) is 0.688. The van der Waals surface area contributed by atoms with Crippen LogP contribution in [0.5, 0.6) is 0 Å². The number of carbonyl (C=O) groups is 1. The minimum absolute atomic E-state index is 0.0620. The quantitative estimate of drug-likeness (QED) is 0.804. The normalized spacial score (nSPS) is 23.7. The molecule has 0 amide bonds. The summed E-state index contributed by atoms with van der Waals surface area (Å²) in [6, 6.07) is -0.437. The molecule has 1 aromatic heterocycles. The monoisotopic (exact) mass is 322 g/mol. The Kier molecular flexibility index (Phi) is 4.79. The van der Waals surface area contributed by atoms with E-state index in [0.29, 0.717) is 11.8 Å². The maximum absolute atomic E-state index is 12.9. The molecule has 1 fully saturated rings. The van der Waals surface area contributed by atoms with Gasteiger partial charge in [0.1, 0.15) is 11.4 Å². The van der Waals surface area contributed by atoms with Crippen LogP contribution in [-0.2, 0) is 14.1 Å². The molecule has 7 heteroatoms. The molecule has 0 spiro atoms. The number of piperidine rings is 1. The molecule has 2 rings (SSSR count). The van der Waals surface area contributed by atoms with Gasteiger partial charge in [0.05, 0.1) is 6.04 Å². The van der Waals surface area contributed by atoms with Crippen LogP contribution in [-0.4, -0.2) is 38.9 Å². The average Bonchev–Trinajstić information content (AvgIpc) is 2.49. The zero-order valence-corrected chi connectivity index (χ0v) is 14.5. The SMILES string of the molecule is C[C@@H]1C[C@@H](C)CN([C@@H](C)C(=O)c2c(N)n(C)c(=O)n(C)c2=O)C1. The largest absolute Gasteiger partial charge is 0.384 e. The Balaban J connectivity index is 2.41. The number of hydrogen-bond acceptors (Lipinski definition) is 5. The van der Waals surface area contributed by atoms with Gasteiger partial charge in [-0.05, 0) is 25.2 Å². The third kappa shape index (κ3) is 3.10. The third-order valence-corrected chi connectivity index (χ3v) is 4.78. The van der Waals surface area contributed by atoms with Crippen LogP contribution in [0, 0.1) is 11.8 Å². The smallest absolute Gasteiger partial charge is 0.332 e. The lowest BCUT2D eigenvalue weighted by Gasteiger charge is -2.38. The molecule has 1 aliphatic heterocycles. The molecule has 3 atom stereocenters. The van der Waals surface area contributed by atoms with Crippen molar-refractivity contribution in [1.82, 2.24) is 14.0 Å². The van der Waals surface area contributed by atoms with Gasteiger partial charge in [0.2, 0.25) is 0 Å². The van der Waals surface area contributed by atoms with E-state index in [1.165, 1.54) is 14.1 Å². The highest BCUT2D eigenvalue weighted by atomic mass is 16.2. The van der Waals surface area contributed by atoms with E-state index in [4.69, 9.17) is 5.73 Å². The fourth-order valence-electron chi connectivity index (χ4n) is 3.49. The van der Waals surface area contributed by atoms with Crippen LogP contribution in [0.3, 0.4) is 0 Å². The van der Waals surface area contributed by atoms with Gasteiger partial charge in [-0.3, -0.25) is 23.6 Å². The van der Waals surface area contributed by atoms with Crippen molar-refractivity contribution in [3.8, 4) is 0 Å². The van der Waals surface area contributed by atoms with Crippen molar-refractivity contribution in [2.24, 2.45) is 25.9 Å². The first-order chi connectivity index (χ1) is 10.6. The van der Waals surface area contributed by atoms with Crippen molar-refractivity contribution in [1.29, 1.82) is 0 Å². The molecule has 128 valence electrons. The first-order valence-corrected chi connectivity index (χ1v) is 7.98. The second kappa shape index (κ2) is 6.31.